The number of carbonyl (C=O) groups excluding carboxylic acids is 1. The number of furan rings is 1. The number of hydrogen-bond acceptors (Lipinski definition) is 6. The Kier molecular flexibility index (Phi) is 4.36. The van der Waals surface area contributed by atoms with Crippen LogP contribution in [0.4, 0.5) is 10.6 Å². The SMILES string of the molecule is CC(C)OC(=O)N1CCC(Nc2ncnc3c2oc2ccccc23)CC1. The Morgan fingerprint density at radius 1 is 1.27 bits per heavy atom. The second-order valence-electron chi connectivity index (χ2n) is 6.84. The van der Waals surface area contributed by atoms with Gasteiger partial charge in [0.05, 0.1) is 6.10 Å². The van der Waals surface area contributed by atoms with E-state index >= 15 is 0 Å². The third kappa shape index (κ3) is 3.16. The lowest BCUT2D eigenvalue weighted by Crippen LogP contribution is -2.43. The van der Waals surface area contributed by atoms with E-state index in [9.17, 15) is 4.79 Å². The lowest BCUT2D eigenvalue weighted by atomic mass is 10.1. The maximum Gasteiger partial charge on any atom is 0.410 e. The summed E-state index contributed by atoms with van der Waals surface area (Å²) in [6.07, 6.45) is 2.89. The lowest BCUT2D eigenvalue weighted by molar-refractivity contribution is 0.0701. The molecule has 0 unspecified atom stereocenters. The number of hydrogen-bond donors (Lipinski definition) is 1. The molecular formula is C19H22N4O3. The van der Waals surface area contributed by atoms with Gasteiger partial charge in [0.15, 0.2) is 11.4 Å². The zero-order chi connectivity index (χ0) is 18.1. The van der Waals surface area contributed by atoms with E-state index in [1.807, 2.05) is 38.1 Å². The first-order chi connectivity index (χ1) is 12.6. The minimum absolute atomic E-state index is 0.0965. The fraction of sp³-hybridized carbons (Fsp3) is 0.421. The third-order valence-electron chi connectivity index (χ3n) is 4.59. The van der Waals surface area contributed by atoms with E-state index in [2.05, 4.69) is 15.3 Å². The fourth-order valence-electron chi connectivity index (χ4n) is 3.30. The molecule has 136 valence electrons. The molecule has 2 aromatic heterocycles. The maximum atomic E-state index is 12.0. The zero-order valence-electron chi connectivity index (χ0n) is 14.9. The molecule has 3 aromatic rings. The number of amides is 1. The van der Waals surface area contributed by atoms with Crippen LogP contribution in [0.3, 0.4) is 0 Å². The van der Waals surface area contributed by atoms with Gasteiger partial charge in [0, 0.05) is 24.5 Å². The normalized spacial score (nSPS) is 15.7. The number of fused-ring (bicyclic) bond motifs is 3. The summed E-state index contributed by atoms with van der Waals surface area (Å²) < 4.78 is 11.2. The number of carbonyl (C=O) groups is 1. The first-order valence-corrected chi connectivity index (χ1v) is 8.96. The third-order valence-corrected chi connectivity index (χ3v) is 4.59. The summed E-state index contributed by atoms with van der Waals surface area (Å²) in [6.45, 7) is 5.05. The van der Waals surface area contributed by atoms with Crippen LogP contribution in [0.2, 0.25) is 0 Å². The molecule has 0 bridgehead atoms. The Bertz CT molecular complexity index is 929. The van der Waals surface area contributed by atoms with Crippen LogP contribution in [0, 0.1) is 0 Å². The molecule has 1 aromatic carbocycles. The van der Waals surface area contributed by atoms with Gasteiger partial charge in [0.25, 0.3) is 0 Å². The Morgan fingerprint density at radius 2 is 2.04 bits per heavy atom. The molecule has 1 N–H and O–H groups in total. The average Bonchev–Trinajstić information content (AvgIpc) is 3.02. The maximum absolute atomic E-state index is 12.0. The summed E-state index contributed by atoms with van der Waals surface area (Å²) in [4.78, 5) is 22.5. The van der Waals surface area contributed by atoms with Crippen LogP contribution < -0.4 is 5.32 Å². The van der Waals surface area contributed by atoms with Gasteiger partial charge in [0.1, 0.15) is 17.4 Å². The van der Waals surface area contributed by atoms with Crippen molar-refractivity contribution in [1.29, 1.82) is 0 Å². The summed E-state index contributed by atoms with van der Waals surface area (Å²) >= 11 is 0. The molecule has 7 heteroatoms. The summed E-state index contributed by atoms with van der Waals surface area (Å²) in [6, 6.07) is 8.07. The topological polar surface area (TPSA) is 80.5 Å². The van der Waals surface area contributed by atoms with Gasteiger partial charge in [-0.25, -0.2) is 14.8 Å². The minimum atomic E-state index is -0.236. The zero-order valence-corrected chi connectivity index (χ0v) is 14.9. The molecule has 0 aliphatic carbocycles. The quantitative estimate of drug-likeness (QED) is 0.770. The average molecular weight is 354 g/mol. The van der Waals surface area contributed by atoms with Crippen molar-refractivity contribution >= 4 is 34.0 Å². The van der Waals surface area contributed by atoms with Crippen molar-refractivity contribution in [2.75, 3.05) is 18.4 Å². The van der Waals surface area contributed by atoms with E-state index in [1.54, 1.807) is 11.2 Å². The first kappa shape index (κ1) is 16.6. The predicted octanol–water partition coefficient (Wildman–Crippen LogP) is 3.80. The number of piperidine rings is 1. The van der Waals surface area contributed by atoms with E-state index in [0.717, 1.165) is 29.3 Å². The molecule has 1 aliphatic rings. The summed E-state index contributed by atoms with van der Waals surface area (Å²) in [7, 11) is 0. The van der Waals surface area contributed by atoms with Crippen LogP contribution in [0.1, 0.15) is 26.7 Å². The number of anilines is 1. The van der Waals surface area contributed by atoms with Crippen molar-refractivity contribution in [3.05, 3.63) is 30.6 Å². The van der Waals surface area contributed by atoms with Crippen molar-refractivity contribution in [3.8, 4) is 0 Å². The number of rotatable bonds is 3. The van der Waals surface area contributed by atoms with E-state index < -0.39 is 0 Å². The highest BCUT2D eigenvalue weighted by Gasteiger charge is 2.25. The molecule has 7 nitrogen and oxygen atoms in total. The van der Waals surface area contributed by atoms with Crippen molar-refractivity contribution in [2.45, 2.75) is 38.8 Å². The largest absolute Gasteiger partial charge is 0.450 e. The molecule has 1 amide bonds. The predicted molar refractivity (Wildman–Crippen MR) is 99.1 cm³/mol. The second-order valence-corrected chi connectivity index (χ2v) is 6.84. The van der Waals surface area contributed by atoms with Gasteiger partial charge in [-0.05, 0) is 38.8 Å². The van der Waals surface area contributed by atoms with Gasteiger partial charge in [-0.2, -0.15) is 0 Å². The molecule has 1 aliphatic heterocycles. The van der Waals surface area contributed by atoms with Gasteiger partial charge in [0.2, 0.25) is 0 Å². The number of nitrogens with zero attached hydrogens (tertiary/aromatic N) is 3. The highest BCUT2D eigenvalue weighted by Crippen LogP contribution is 2.31. The molecule has 0 radical (unpaired) electrons. The van der Waals surface area contributed by atoms with Crippen LogP contribution >= 0.6 is 0 Å². The summed E-state index contributed by atoms with van der Waals surface area (Å²) in [5.74, 6) is 0.703. The van der Waals surface area contributed by atoms with Crippen molar-refractivity contribution in [3.63, 3.8) is 0 Å². The highest BCUT2D eigenvalue weighted by molar-refractivity contribution is 6.05. The van der Waals surface area contributed by atoms with Crippen LogP contribution in [-0.4, -0.2) is 46.2 Å². The van der Waals surface area contributed by atoms with Gasteiger partial charge < -0.3 is 19.4 Å². The van der Waals surface area contributed by atoms with E-state index in [4.69, 9.17) is 9.15 Å². The Morgan fingerprint density at radius 3 is 2.81 bits per heavy atom. The molecular weight excluding hydrogens is 332 g/mol. The molecule has 4 rings (SSSR count). The number of nitrogens with one attached hydrogen (secondary N) is 1. The van der Waals surface area contributed by atoms with Gasteiger partial charge in [-0.1, -0.05) is 12.1 Å². The number of aromatic nitrogens is 2. The lowest BCUT2D eigenvalue weighted by Gasteiger charge is -2.32. The van der Waals surface area contributed by atoms with Crippen molar-refractivity contribution in [1.82, 2.24) is 14.9 Å². The number of benzene rings is 1. The first-order valence-electron chi connectivity index (χ1n) is 8.96. The standard InChI is InChI=1S/C19H22N4O3/c1-12(2)25-19(24)23-9-7-13(8-10-23)22-18-17-16(20-11-21-18)14-5-3-4-6-15(14)26-17/h3-6,11-13H,7-10H2,1-2H3,(H,20,21,22). The van der Waals surface area contributed by atoms with Gasteiger partial charge >= 0.3 is 6.09 Å². The van der Waals surface area contributed by atoms with Crippen LogP contribution in [0.5, 0.6) is 0 Å². The monoisotopic (exact) mass is 354 g/mol. The minimum Gasteiger partial charge on any atom is -0.450 e. The Hall–Kier alpha value is -2.83. The molecule has 0 saturated carbocycles. The number of ether oxygens (including phenoxy) is 1. The molecule has 0 atom stereocenters. The fourth-order valence-corrected chi connectivity index (χ4v) is 3.30. The Balaban J connectivity index is 1.48. The van der Waals surface area contributed by atoms with E-state index in [1.165, 1.54) is 0 Å². The molecule has 1 saturated heterocycles. The van der Waals surface area contributed by atoms with Gasteiger partial charge in [-0.15, -0.1) is 0 Å². The number of para-hydroxylation sites is 1. The summed E-state index contributed by atoms with van der Waals surface area (Å²) in [5.41, 5.74) is 2.30. The van der Waals surface area contributed by atoms with Gasteiger partial charge in [-0.3, -0.25) is 0 Å². The molecule has 1 fully saturated rings. The second kappa shape index (κ2) is 6.82. The summed E-state index contributed by atoms with van der Waals surface area (Å²) in [5, 5.41) is 4.45. The van der Waals surface area contributed by atoms with E-state index in [-0.39, 0.29) is 18.2 Å². The molecule has 0 spiro atoms. The number of likely N-dealkylation sites (tertiary alicyclic amines) is 1. The molecule has 3 heterocycles. The van der Waals surface area contributed by atoms with E-state index in [0.29, 0.717) is 24.5 Å². The van der Waals surface area contributed by atoms with Crippen LogP contribution in [0.15, 0.2) is 35.0 Å². The molecule has 26 heavy (non-hydrogen) atoms. The van der Waals surface area contributed by atoms with Crippen molar-refractivity contribution in [2.24, 2.45) is 0 Å². The Labute approximate surface area is 151 Å². The van der Waals surface area contributed by atoms with Crippen LogP contribution in [0.25, 0.3) is 22.1 Å². The smallest absolute Gasteiger partial charge is 0.410 e. The van der Waals surface area contributed by atoms with Crippen molar-refractivity contribution < 1.29 is 13.9 Å². The highest BCUT2D eigenvalue weighted by atomic mass is 16.6. The van der Waals surface area contributed by atoms with Crippen LogP contribution in [-0.2, 0) is 4.74 Å².